The van der Waals surface area contributed by atoms with Crippen LogP contribution < -0.4 is 5.32 Å². The first-order valence-corrected chi connectivity index (χ1v) is 9.69. The maximum atomic E-state index is 4.93. The Morgan fingerprint density at radius 3 is 2.95 bits per heavy atom. The lowest BCUT2D eigenvalue weighted by molar-refractivity contribution is 0.362. The molecule has 0 bridgehead atoms. The third-order valence-corrected chi connectivity index (χ3v) is 5.99. The SMILES string of the molecule is c1cnc2c(c1)nc(C1CCCCN1)n2CC1CCSCC1. The summed E-state index contributed by atoms with van der Waals surface area (Å²) in [5.74, 6) is 4.61. The Labute approximate surface area is 136 Å². The number of thioether (sulfide) groups is 1. The Kier molecular flexibility index (Phi) is 4.35. The lowest BCUT2D eigenvalue weighted by Gasteiger charge is -2.26. The van der Waals surface area contributed by atoms with E-state index in [1.807, 2.05) is 12.3 Å². The molecule has 1 N–H and O–H groups in total. The first-order chi connectivity index (χ1) is 10.9. The quantitative estimate of drug-likeness (QED) is 0.942. The second-order valence-electron chi connectivity index (χ2n) is 6.48. The normalized spacial score (nSPS) is 23.9. The van der Waals surface area contributed by atoms with E-state index in [0.717, 1.165) is 30.2 Å². The number of aromatic nitrogens is 3. The van der Waals surface area contributed by atoms with Gasteiger partial charge < -0.3 is 9.88 Å². The van der Waals surface area contributed by atoms with Crippen LogP contribution in [-0.2, 0) is 6.54 Å². The predicted molar refractivity (Wildman–Crippen MR) is 92.2 cm³/mol. The van der Waals surface area contributed by atoms with Crippen LogP contribution in [0.2, 0.25) is 0 Å². The number of nitrogens with one attached hydrogen (secondary N) is 1. The third kappa shape index (κ3) is 2.88. The molecule has 2 saturated heterocycles. The van der Waals surface area contributed by atoms with Crippen LogP contribution in [0, 0.1) is 5.92 Å². The number of pyridine rings is 1. The molecule has 4 nitrogen and oxygen atoms in total. The fourth-order valence-electron chi connectivity index (χ4n) is 3.68. The topological polar surface area (TPSA) is 42.7 Å². The molecule has 0 aliphatic carbocycles. The molecule has 0 aromatic carbocycles. The maximum absolute atomic E-state index is 4.93. The van der Waals surface area contributed by atoms with Gasteiger partial charge in [-0.1, -0.05) is 6.42 Å². The monoisotopic (exact) mass is 316 g/mol. The Morgan fingerprint density at radius 1 is 1.23 bits per heavy atom. The minimum absolute atomic E-state index is 0.404. The van der Waals surface area contributed by atoms with Crippen LogP contribution in [0.5, 0.6) is 0 Å². The number of nitrogens with zero attached hydrogens (tertiary/aromatic N) is 3. The van der Waals surface area contributed by atoms with Crippen molar-refractivity contribution < 1.29 is 0 Å². The lowest BCUT2D eigenvalue weighted by atomic mass is 10.0. The van der Waals surface area contributed by atoms with Gasteiger partial charge in [0, 0.05) is 12.7 Å². The molecule has 0 amide bonds. The zero-order valence-corrected chi connectivity index (χ0v) is 13.8. The summed E-state index contributed by atoms with van der Waals surface area (Å²) in [5, 5.41) is 3.66. The van der Waals surface area contributed by atoms with E-state index in [2.05, 4.69) is 32.7 Å². The molecule has 22 heavy (non-hydrogen) atoms. The summed E-state index contributed by atoms with van der Waals surface area (Å²) in [5.41, 5.74) is 2.12. The summed E-state index contributed by atoms with van der Waals surface area (Å²) in [4.78, 5) is 9.56. The molecule has 2 aliphatic heterocycles. The zero-order valence-electron chi connectivity index (χ0n) is 13.0. The first kappa shape index (κ1) is 14.5. The van der Waals surface area contributed by atoms with Crippen LogP contribution in [0.25, 0.3) is 11.2 Å². The van der Waals surface area contributed by atoms with E-state index in [9.17, 15) is 0 Å². The van der Waals surface area contributed by atoms with Gasteiger partial charge >= 0.3 is 0 Å². The van der Waals surface area contributed by atoms with Gasteiger partial charge in [0.25, 0.3) is 0 Å². The van der Waals surface area contributed by atoms with E-state index in [4.69, 9.17) is 4.98 Å². The second kappa shape index (κ2) is 6.59. The molecule has 0 radical (unpaired) electrons. The van der Waals surface area contributed by atoms with E-state index in [1.165, 1.54) is 49.4 Å². The molecule has 0 spiro atoms. The van der Waals surface area contributed by atoms with Gasteiger partial charge in [-0.2, -0.15) is 11.8 Å². The fraction of sp³-hybridized carbons (Fsp3) is 0.647. The van der Waals surface area contributed by atoms with E-state index in [1.54, 1.807) is 0 Å². The zero-order chi connectivity index (χ0) is 14.8. The minimum Gasteiger partial charge on any atom is -0.311 e. The fourth-order valence-corrected chi connectivity index (χ4v) is 4.89. The van der Waals surface area contributed by atoms with Crippen molar-refractivity contribution in [3.63, 3.8) is 0 Å². The summed E-state index contributed by atoms with van der Waals surface area (Å²) >= 11 is 2.09. The molecule has 0 saturated carbocycles. The third-order valence-electron chi connectivity index (χ3n) is 4.94. The van der Waals surface area contributed by atoms with Gasteiger partial charge in [0.15, 0.2) is 5.65 Å². The number of piperidine rings is 1. The Hall–Kier alpha value is -1.07. The van der Waals surface area contributed by atoms with Gasteiger partial charge in [0.2, 0.25) is 0 Å². The molecule has 4 heterocycles. The van der Waals surface area contributed by atoms with Crippen molar-refractivity contribution in [3.05, 3.63) is 24.2 Å². The van der Waals surface area contributed by atoms with Crippen molar-refractivity contribution in [2.45, 2.75) is 44.7 Å². The number of fused-ring (bicyclic) bond motifs is 1. The molecule has 2 aliphatic rings. The van der Waals surface area contributed by atoms with Gasteiger partial charge in [-0.3, -0.25) is 0 Å². The van der Waals surface area contributed by atoms with Gasteiger partial charge in [0.1, 0.15) is 11.3 Å². The largest absolute Gasteiger partial charge is 0.311 e. The van der Waals surface area contributed by atoms with Crippen LogP contribution in [0.3, 0.4) is 0 Å². The Balaban J connectivity index is 1.69. The Bertz CT molecular complexity index is 627. The van der Waals surface area contributed by atoms with Crippen molar-refractivity contribution in [2.24, 2.45) is 5.92 Å². The first-order valence-electron chi connectivity index (χ1n) is 8.54. The summed E-state index contributed by atoms with van der Waals surface area (Å²) in [6.45, 7) is 2.20. The summed E-state index contributed by atoms with van der Waals surface area (Å²) in [6.07, 6.45) is 8.34. The van der Waals surface area contributed by atoms with Crippen LogP contribution in [-0.4, -0.2) is 32.6 Å². The second-order valence-corrected chi connectivity index (χ2v) is 7.71. The van der Waals surface area contributed by atoms with Crippen LogP contribution in [0.15, 0.2) is 18.3 Å². The highest BCUT2D eigenvalue weighted by Crippen LogP contribution is 2.29. The average molecular weight is 316 g/mol. The molecule has 2 fully saturated rings. The Morgan fingerprint density at radius 2 is 2.14 bits per heavy atom. The highest BCUT2D eigenvalue weighted by molar-refractivity contribution is 7.99. The van der Waals surface area contributed by atoms with Crippen LogP contribution in [0.1, 0.15) is 44.0 Å². The summed E-state index contributed by atoms with van der Waals surface area (Å²) in [7, 11) is 0. The van der Waals surface area contributed by atoms with Crippen molar-refractivity contribution in [2.75, 3.05) is 18.1 Å². The van der Waals surface area contributed by atoms with Crippen molar-refractivity contribution in [1.82, 2.24) is 19.9 Å². The molecule has 5 heteroatoms. The molecule has 1 unspecified atom stereocenters. The molecule has 4 rings (SSSR count). The van der Waals surface area contributed by atoms with Crippen molar-refractivity contribution in [3.8, 4) is 0 Å². The number of hydrogen-bond donors (Lipinski definition) is 1. The van der Waals surface area contributed by atoms with E-state index >= 15 is 0 Å². The van der Waals surface area contributed by atoms with Crippen LogP contribution >= 0.6 is 11.8 Å². The van der Waals surface area contributed by atoms with Crippen molar-refractivity contribution >= 4 is 22.9 Å². The molecular formula is C17H24N4S. The maximum Gasteiger partial charge on any atom is 0.160 e. The molecule has 2 aromatic rings. The van der Waals surface area contributed by atoms with Gasteiger partial charge in [-0.05, 0) is 61.8 Å². The van der Waals surface area contributed by atoms with Crippen LogP contribution in [0.4, 0.5) is 0 Å². The molecular weight excluding hydrogens is 292 g/mol. The van der Waals surface area contributed by atoms with E-state index in [0.29, 0.717) is 6.04 Å². The molecule has 2 aromatic heterocycles. The van der Waals surface area contributed by atoms with Gasteiger partial charge in [-0.25, -0.2) is 9.97 Å². The molecule has 118 valence electrons. The lowest BCUT2D eigenvalue weighted by Crippen LogP contribution is -2.30. The highest BCUT2D eigenvalue weighted by atomic mass is 32.2. The van der Waals surface area contributed by atoms with Gasteiger partial charge in [0.05, 0.1) is 6.04 Å². The summed E-state index contributed by atoms with van der Waals surface area (Å²) in [6, 6.07) is 4.50. The highest BCUT2D eigenvalue weighted by Gasteiger charge is 2.24. The smallest absolute Gasteiger partial charge is 0.160 e. The molecule has 1 atom stereocenters. The van der Waals surface area contributed by atoms with E-state index in [-0.39, 0.29) is 0 Å². The summed E-state index contributed by atoms with van der Waals surface area (Å²) < 4.78 is 2.42. The standard InChI is InChI=1S/C17H24N4S/c1-2-8-18-14(4-1)17-20-15-5-3-9-19-16(15)21(17)12-13-6-10-22-11-7-13/h3,5,9,13-14,18H,1-2,4,6-8,10-12H2. The number of imidazole rings is 1. The minimum atomic E-state index is 0.404. The number of hydrogen-bond acceptors (Lipinski definition) is 4. The van der Waals surface area contributed by atoms with Gasteiger partial charge in [-0.15, -0.1) is 0 Å². The number of rotatable bonds is 3. The van der Waals surface area contributed by atoms with Crippen molar-refractivity contribution in [1.29, 1.82) is 0 Å². The predicted octanol–water partition coefficient (Wildman–Crippen LogP) is 3.39. The van der Waals surface area contributed by atoms with E-state index < -0.39 is 0 Å². The average Bonchev–Trinajstić information content (AvgIpc) is 2.95.